The normalized spacial score (nSPS) is 15.2. The second-order valence-electron chi connectivity index (χ2n) is 7.78. The summed E-state index contributed by atoms with van der Waals surface area (Å²) in [5, 5.41) is 8.39. The number of benzene rings is 2. The highest BCUT2D eigenvalue weighted by Gasteiger charge is 2.29. The maximum Gasteiger partial charge on any atom is 0.265 e. The number of nitrogens with one attached hydrogen (secondary N) is 1. The molecule has 1 amide bonds. The second kappa shape index (κ2) is 7.70. The molecule has 3 heterocycles. The Balaban J connectivity index is 1.44. The zero-order valence-corrected chi connectivity index (χ0v) is 18.0. The molecule has 8 heteroatoms. The molecule has 0 saturated heterocycles. The summed E-state index contributed by atoms with van der Waals surface area (Å²) in [4.78, 5) is 30.5. The van der Waals surface area contributed by atoms with Crippen LogP contribution in [0.4, 0.5) is 5.69 Å². The van der Waals surface area contributed by atoms with Crippen LogP contribution in [0.2, 0.25) is 0 Å². The van der Waals surface area contributed by atoms with Crippen molar-refractivity contribution in [2.45, 2.75) is 31.5 Å². The first-order valence-corrected chi connectivity index (χ1v) is 11.0. The molecule has 0 fully saturated rings. The largest absolute Gasteiger partial charge is 0.326 e. The van der Waals surface area contributed by atoms with Crippen LogP contribution in [0.25, 0.3) is 16.7 Å². The lowest BCUT2D eigenvalue weighted by Crippen LogP contribution is -2.27. The zero-order chi connectivity index (χ0) is 21.5. The highest BCUT2D eigenvalue weighted by Crippen LogP contribution is 2.33. The van der Waals surface area contributed by atoms with Crippen molar-refractivity contribution in [3.8, 4) is 5.69 Å². The van der Waals surface area contributed by atoms with Crippen molar-refractivity contribution < 1.29 is 4.79 Å². The van der Waals surface area contributed by atoms with E-state index in [1.165, 1.54) is 11.8 Å². The van der Waals surface area contributed by atoms with Crippen molar-refractivity contribution in [2.24, 2.45) is 0 Å². The van der Waals surface area contributed by atoms with Crippen molar-refractivity contribution in [1.82, 2.24) is 19.3 Å². The molecule has 156 valence electrons. The Morgan fingerprint density at radius 2 is 1.77 bits per heavy atom. The van der Waals surface area contributed by atoms with Crippen molar-refractivity contribution in [2.75, 3.05) is 11.1 Å². The van der Waals surface area contributed by atoms with Gasteiger partial charge in [-0.2, -0.15) is 5.10 Å². The van der Waals surface area contributed by atoms with Gasteiger partial charge in [-0.25, -0.2) is 9.67 Å². The van der Waals surface area contributed by atoms with E-state index in [1.807, 2.05) is 62.4 Å². The van der Waals surface area contributed by atoms with Gasteiger partial charge in [0.2, 0.25) is 5.91 Å². The monoisotopic (exact) mass is 431 g/mol. The molecule has 31 heavy (non-hydrogen) atoms. The average Bonchev–Trinajstić information content (AvgIpc) is 3.35. The van der Waals surface area contributed by atoms with E-state index in [1.54, 1.807) is 15.4 Å². The number of carbonyl (C=O) groups is 1. The number of hydrogen-bond acceptors (Lipinski definition) is 5. The zero-order valence-electron chi connectivity index (χ0n) is 17.2. The van der Waals surface area contributed by atoms with Gasteiger partial charge in [-0.15, -0.1) is 0 Å². The van der Waals surface area contributed by atoms with Crippen molar-refractivity contribution in [3.05, 3.63) is 76.2 Å². The summed E-state index contributed by atoms with van der Waals surface area (Å²) in [6, 6.07) is 15.3. The van der Waals surface area contributed by atoms with E-state index in [9.17, 15) is 9.59 Å². The third kappa shape index (κ3) is 3.63. The Kier molecular flexibility index (Phi) is 4.86. The molecule has 0 bridgehead atoms. The minimum Gasteiger partial charge on any atom is -0.326 e. The lowest BCUT2D eigenvalue weighted by atomic mass is 10.2. The van der Waals surface area contributed by atoms with Crippen LogP contribution in [0, 0.1) is 13.8 Å². The summed E-state index contributed by atoms with van der Waals surface area (Å²) < 4.78 is 3.33. The van der Waals surface area contributed by atoms with Gasteiger partial charge in [-0.1, -0.05) is 47.2 Å². The molecule has 7 nitrogen and oxygen atoms in total. The summed E-state index contributed by atoms with van der Waals surface area (Å²) in [6.45, 7) is 4.02. The van der Waals surface area contributed by atoms with Gasteiger partial charge in [-0.05, 0) is 38.1 Å². The molecule has 1 atom stereocenters. The minimum atomic E-state index is -0.238. The van der Waals surface area contributed by atoms with E-state index in [-0.39, 0.29) is 23.9 Å². The van der Waals surface area contributed by atoms with Gasteiger partial charge < -0.3 is 5.32 Å². The number of anilines is 1. The molecule has 1 aliphatic heterocycles. The lowest BCUT2D eigenvalue weighted by Gasteiger charge is -2.13. The molecule has 0 spiro atoms. The van der Waals surface area contributed by atoms with Crippen LogP contribution in [-0.2, 0) is 4.79 Å². The van der Waals surface area contributed by atoms with Crippen LogP contribution in [0.1, 0.15) is 23.6 Å². The van der Waals surface area contributed by atoms with Crippen molar-refractivity contribution in [1.29, 1.82) is 0 Å². The molecule has 5 rings (SSSR count). The molecule has 2 aromatic heterocycles. The number of amides is 1. The van der Waals surface area contributed by atoms with E-state index in [0.717, 1.165) is 22.5 Å². The standard InChI is InChI=1S/C23H21N5O2S/c1-14-3-7-16(8-4-14)25-20(29)11-18-13-31-23-26-21-19(22(30)27(18)23)12-24-28(21)17-9-5-15(2)6-10-17/h3-10,12,18H,11,13H2,1-2H3,(H,25,29). The fraction of sp³-hybridized carbons (Fsp3) is 0.217. The fourth-order valence-corrected chi connectivity index (χ4v) is 4.85. The van der Waals surface area contributed by atoms with Gasteiger partial charge in [0.1, 0.15) is 5.39 Å². The molecule has 2 aromatic carbocycles. The van der Waals surface area contributed by atoms with Crippen LogP contribution in [0.15, 0.2) is 64.7 Å². The Morgan fingerprint density at radius 3 is 2.48 bits per heavy atom. The molecular formula is C23H21N5O2S. The SMILES string of the molecule is Cc1ccc(NC(=O)CC2CSc3nc4c(cnn4-c4ccc(C)cc4)c(=O)n32)cc1. The first-order valence-electron chi connectivity index (χ1n) is 10.1. The fourth-order valence-electron chi connectivity index (χ4n) is 3.72. The summed E-state index contributed by atoms with van der Waals surface area (Å²) in [7, 11) is 0. The third-order valence-corrected chi connectivity index (χ3v) is 6.50. The molecule has 4 aromatic rings. The molecular weight excluding hydrogens is 410 g/mol. The van der Waals surface area contributed by atoms with Gasteiger partial charge >= 0.3 is 0 Å². The summed E-state index contributed by atoms with van der Waals surface area (Å²) in [5.41, 5.74) is 4.27. The van der Waals surface area contributed by atoms with Gasteiger partial charge in [0.05, 0.1) is 17.9 Å². The van der Waals surface area contributed by atoms with Crippen molar-refractivity contribution in [3.63, 3.8) is 0 Å². The van der Waals surface area contributed by atoms with E-state index < -0.39 is 0 Å². The van der Waals surface area contributed by atoms with Gasteiger partial charge in [-0.3, -0.25) is 14.2 Å². The number of aryl methyl sites for hydroxylation is 2. The number of nitrogens with zero attached hydrogens (tertiary/aromatic N) is 4. The molecule has 0 aliphatic carbocycles. The lowest BCUT2D eigenvalue weighted by molar-refractivity contribution is -0.116. The Morgan fingerprint density at radius 1 is 1.10 bits per heavy atom. The molecule has 0 radical (unpaired) electrons. The maximum atomic E-state index is 13.2. The number of hydrogen-bond donors (Lipinski definition) is 1. The number of fused-ring (bicyclic) bond motifs is 2. The average molecular weight is 432 g/mol. The smallest absolute Gasteiger partial charge is 0.265 e. The second-order valence-corrected chi connectivity index (χ2v) is 8.77. The third-order valence-electron chi connectivity index (χ3n) is 5.41. The van der Waals surface area contributed by atoms with Gasteiger partial charge in [0.15, 0.2) is 10.8 Å². The Labute approximate surface area is 183 Å². The van der Waals surface area contributed by atoms with E-state index in [4.69, 9.17) is 4.98 Å². The maximum absolute atomic E-state index is 13.2. The highest BCUT2D eigenvalue weighted by atomic mass is 32.2. The Bertz CT molecular complexity index is 1340. The van der Waals surface area contributed by atoms with Crippen LogP contribution in [-0.4, -0.2) is 31.0 Å². The number of aromatic nitrogens is 4. The molecule has 1 N–H and O–H groups in total. The van der Waals surface area contributed by atoms with E-state index in [2.05, 4.69) is 10.4 Å². The quantitative estimate of drug-likeness (QED) is 0.496. The van der Waals surface area contributed by atoms with Gasteiger partial charge in [0, 0.05) is 17.9 Å². The van der Waals surface area contributed by atoms with E-state index >= 15 is 0 Å². The van der Waals surface area contributed by atoms with Gasteiger partial charge in [0.25, 0.3) is 5.56 Å². The highest BCUT2D eigenvalue weighted by molar-refractivity contribution is 7.99. The van der Waals surface area contributed by atoms with Crippen LogP contribution < -0.4 is 10.9 Å². The first-order chi connectivity index (χ1) is 15.0. The number of thioether (sulfide) groups is 1. The first kappa shape index (κ1) is 19.6. The van der Waals surface area contributed by atoms with Crippen LogP contribution in [0.5, 0.6) is 0 Å². The summed E-state index contributed by atoms with van der Waals surface area (Å²) in [5.74, 6) is 0.512. The Hall–Kier alpha value is -3.39. The summed E-state index contributed by atoms with van der Waals surface area (Å²) >= 11 is 1.50. The van der Waals surface area contributed by atoms with E-state index in [0.29, 0.717) is 21.9 Å². The predicted octanol–water partition coefficient (Wildman–Crippen LogP) is 3.87. The topological polar surface area (TPSA) is 81.8 Å². The minimum absolute atomic E-state index is 0.121. The molecule has 0 saturated carbocycles. The van der Waals surface area contributed by atoms with Crippen LogP contribution >= 0.6 is 11.8 Å². The number of carbonyl (C=O) groups excluding carboxylic acids is 1. The molecule has 1 aliphatic rings. The van der Waals surface area contributed by atoms with Crippen LogP contribution in [0.3, 0.4) is 0 Å². The predicted molar refractivity (Wildman–Crippen MR) is 122 cm³/mol. The number of rotatable bonds is 4. The van der Waals surface area contributed by atoms with Crippen molar-refractivity contribution >= 4 is 34.4 Å². The summed E-state index contributed by atoms with van der Waals surface area (Å²) in [6.07, 6.45) is 1.78. The molecule has 1 unspecified atom stereocenters.